The smallest absolute Gasteiger partial charge is 0.254 e. The maximum atomic E-state index is 12.0. The third-order valence-corrected chi connectivity index (χ3v) is 3.74. The van der Waals surface area contributed by atoms with E-state index in [0.29, 0.717) is 19.7 Å². The quantitative estimate of drug-likeness (QED) is 0.777. The number of ether oxygens (including phenoxy) is 1. The minimum Gasteiger partial charge on any atom is -0.492 e. The van der Waals surface area contributed by atoms with E-state index < -0.39 is 5.60 Å². The molecule has 3 N–H and O–H groups in total. The van der Waals surface area contributed by atoms with E-state index in [9.17, 15) is 9.90 Å². The maximum absolute atomic E-state index is 12.0. The van der Waals surface area contributed by atoms with Crippen molar-refractivity contribution in [2.24, 2.45) is 0 Å². The van der Waals surface area contributed by atoms with Crippen LogP contribution in [0, 0.1) is 0 Å². The van der Waals surface area contributed by atoms with Crippen LogP contribution >= 0.6 is 0 Å². The zero-order valence-electron chi connectivity index (χ0n) is 13.3. The van der Waals surface area contributed by atoms with Crippen LogP contribution in [-0.4, -0.2) is 65.7 Å². The maximum Gasteiger partial charge on any atom is 0.254 e. The molecule has 1 amide bonds. The first kappa shape index (κ1) is 16.6. The molecular weight excluding hydrogens is 282 g/mol. The molecule has 2 rings (SSSR count). The molecule has 0 radical (unpaired) electrons. The molecular formula is C16H25N3O3. The van der Waals surface area contributed by atoms with Gasteiger partial charge in [0.2, 0.25) is 0 Å². The fourth-order valence-electron chi connectivity index (χ4n) is 2.42. The third-order valence-electron chi connectivity index (χ3n) is 3.74. The lowest BCUT2D eigenvalue weighted by Gasteiger charge is -2.37. The minimum atomic E-state index is -1.29. The first-order chi connectivity index (χ1) is 10.4. The number of carbonyl (C=O) groups excluding carboxylic acids is 1. The molecule has 0 saturated carbocycles. The largest absolute Gasteiger partial charge is 0.492 e. The van der Waals surface area contributed by atoms with E-state index in [-0.39, 0.29) is 5.91 Å². The van der Waals surface area contributed by atoms with E-state index in [1.807, 2.05) is 24.3 Å². The van der Waals surface area contributed by atoms with Crippen molar-refractivity contribution in [1.82, 2.24) is 9.80 Å². The number of piperazine rings is 1. The Kier molecular flexibility index (Phi) is 5.26. The van der Waals surface area contributed by atoms with Crippen molar-refractivity contribution < 1.29 is 14.6 Å². The van der Waals surface area contributed by atoms with Gasteiger partial charge in [0.15, 0.2) is 0 Å². The van der Waals surface area contributed by atoms with Crippen LogP contribution in [0.25, 0.3) is 0 Å². The van der Waals surface area contributed by atoms with Gasteiger partial charge in [-0.15, -0.1) is 0 Å². The Hall–Kier alpha value is -1.79. The first-order valence-electron chi connectivity index (χ1n) is 7.59. The van der Waals surface area contributed by atoms with Crippen LogP contribution in [0.5, 0.6) is 5.75 Å². The molecule has 1 aromatic carbocycles. The zero-order valence-corrected chi connectivity index (χ0v) is 13.3. The lowest BCUT2D eigenvalue weighted by Crippen LogP contribution is -2.54. The van der Waals surface area contributed by atoms with Crippen LogP contribution in [0.15, 0.2) is 24.3 Å². The monoisotopic (exact) mass is 307 g/mol. The van der Waals surface area contributed by atoms with Gasteiger partial charge in [-0.3, -0.25) is 9.69 Å². The molecule has 1 aliphatic rings. The molecule has 1 saturated heterocycles. The molecule has 0 bridgehead atoms. The number of nitrogens with two attached hydrogens (primary N) is 1. The molecule has 0 atom stereocenters. The van der Waals surface area contributed by atoms with E-state index in [4.69, 9.17) is 10.5 Å². The number of hydrogen-bond donors (Lipinski definition) is 2. The van der Waals surface area contributed by atoms with E-state index in [1.165, 1.54) is 13.8 Å². The van der Waals surface area contributed by atoms with Gasteiger partial charge in [-0.2, -0.15) is 0 Å². The van der Waals surface area contributed by atoms with Crippen LogP contribution in [0.2, 0.25) is 0 Å². The normalized spacial score (nSPS) is 16.6. The second kappa shape index (κ2) is 6.98. The number of anilines is 1. The number of carbonyl (C=O) groups is 1. The van der Waals surface area contributed by atoms with E-state index in [0.717, 1.165) is 31.1 Å². The molecule has 6 heteroatoms. The van der Waals surface area contributed by atoms with Gasteiger partial charge in [-0.1, -0.05) is 0 Å². The van der Waals surface area contributed by atoms with Crippen molar-refractivity contribution in [2.45, 2.75) is 19.4 Å². The Morgan fingerprint density at radius 3 is 2.36 bits per heavy atom. The van der Waals surface area contributed by atoms with Crippen LogP contribution in [-0.2, 0) is 4.79 Å². The number of aliphatic hydroxyl groups is 1. The van der Waals surface area contributed by atoms with Crippen molar-refractivity contribution >= 4 is 11.6 Å². The SMILES string of the molecule is CC(C)(O)C(=O)N1CCN(CCOc2ccc(N)cc2)CC1. The van der Waals surface area contributed by atoms with Gasteiger partial charge < -0.3 is 20.5 Å². The summed E-state index contributed by atoms with van der Waals surface area (Å²) in [5.41, 5.74) is 5.06. The van der Waals surface area contributed by atoms with Crippen LogP contribution in [0.1, 0.15) is 13.8 Å². The molecule has 0 aromatic heterocycles. The van der Waals surface area contributed by atoms with Gasteiger partial charge in [0.1, 0.15) is 18.0 Å². The number of nitrogen functional groups attached to an aromatic ring is 1. The van der Waals surface area contributed by atoms with Crippen molar-refractivity contribution in [3.8, 4) is 5.75 Å². The molecule has 0 unspecified atom stereocenters. The summed E-state index contributed by atoms with van der Waals surface area (Å²) in [6.45, 7) is 7.36. The molecule has 1 fully saturated rings. The Labute approximate surface area is 131 Å². The highest BCUT2D eigenvalue weighted by Gasteiger charge is 2.31. The lowest BCUT2D eigenvalue weighted by atomic mass is 10.1. The second-order valence-corrected chi connectivity index (χ2v) is 6.11. The number of nitrogens with zero attached hydrogens (tertiary/aromatic N) is 2. The Morgan fingerprint density at radius 1 is 1.23 bits per heavy atom. The number of rotatable bonds is 5. The van der Waals surface area contributed by atoms with Crippen molar-refractivity contribution in [1.29, 1.82) is 0 Å². The summed E-state index contributed by atoms with van der Waals surface area (Å²) in [6, 6.07) is 7.34. The highest BCUT2D eigenvalue weighted by molar-refractivity contribution is 5.84. The number of hydrogen-bond acceptors (Lipinski definition) is 5. The van der Waals surface area contributed by atoms with Crippen molar-refractivity contribution in [3.05, 3.63) is 24.3 Å². The van der Waals surface area contributed by atoms with Gasteiger partial charge in [0.25, 0.3) is 5.91 Å². The molecule has 22 heavy (non-hydrogen) atoms. The molecule has 1 aliphatic heterocycles. The van der Waals surface area contributed by atoms with Gasteiger partial charge >= 0.3 is 0 Å². The second-order valence-electron chi connectivity index (χ2n) is 6.11. The van der Waals surface area contributed by atoms with Crippen LogP contribution < -0.4 is 10.5 Å². The van der Waals surface area contributed by atoms with Crippen molar-refractivity contribution in [2.75, 3.05) is 45.1 Å². The van der Waals surface area contributed by atoms with Crippen LogP contribution in [0.3, 0.4) is 0 Å². The molecule has 0 aliphatic carbocycles. The van der Waals surface area contributed by atoms with Crippen LogP contribution in [0.4, 0.5) is 5.69 Å². The highest BCUT2D eigenvalue weighted by Crippen LogP contribution is 2.14. The standard InChI is InChI=1S/C16H25N3O3/c1-16(2,21)15(20)19-9-7-18(8-10-19)11-12-22-14-5-3-13(17)4-6-14/h3-6,21H,7-12,17H2,1-2H3. The minimum absolute atomic E-state index is 0.203. The van der Waals surface area contributed by atoms with Gasteiger partial charge in [-0.05, 0) is 38.1 Å². The molecule has 6 nitrogen and oxygen atoms in total. The fraction of sp³-hybridized carbons (Fsp3) is 0.562. The fourth-order valence-corrected chi connectivity index (χ4v) is 2.42. The highest BCUT2D eigenvalue weighted by atomic mass is 16.5. The van der Waals surface area contributed by atoms with E-state index in [2.05, 4.69) is 4.90 Å². The average Bonchev–Trinajstić information content (AvgIpc) is 2.48. The summed E-state index contributed by atoms with van der Waals surface area (Å²) in [5.74, 6) is 0.607. The molecule has 0 spiro atoms. The predicted molar refractivity (Wildman–Crippen MR) is 85.7 cm³/mol. The lowest BCUT2D eigenvalue weighted by molar-refractivity contribution is -0.149. The van der Waals surface area contributed by atoms with E-state index in [1.54, 1.807) is 4.90 Å². The van der Waals surface area contributed by atoms with Crippen molar-refractivity contribution in [3.63, 3.8) is 0 Å². The Balaban J connectivity index is 1.69. The Bertz CT molecular complexity index is 488. The molecule has 122 valence electrons. The third kappa shape index (κ3) is 4.61. The molecule has 1 heterocycles. The summed E-state index contributed by atoms with van der Waals surface area (Å²) in [6.07, 6.45) is 0. The summed E-state index contributed by atoms with van der Waals surface area (Å²) in [5, 5.41) is 9.76. The predicted octanol–water partition coefficient (Wildman–Crippen LogP) is 0.563. The average molecular weight is 307 g/mol. The number of benzene rings is 1. The topological polar surface area (TPSA) is 79.0 Å². The number of amides is 1. The van der Waals surface area contributed by atoms with Gasteiger partial charge in [0, 0.05) is 38.4 Å². The summed E-state index contributed by atoms with van der Waals surface area (Å²) in [4.78, 5) is 16.0. The zero-order chi connectivity index (χ0) is 16.2. The first-order valence-corrected chi connectivity index (χ1v) is 7.59. The summed E-state index contributed by atoms with van der Waals surface area (Å²) < 4.78 is 5.67. The summed E-state index contributed by atoms with van der Waals surface area (Å²) >= 11 is 0. The van der Waals surface area contributed by atoms with Gasteiger partial charge in [0.05, 0.1) is 0 Å². The molecule has 1 aromatic rings. The Morgan fingerprint density at radius 2 is 1.82 bits per heavy atom. The summed E-state index contributed by atoms with van der Waals surface area (Å²) in [7, 11) is 0. The van der Waals surface area contributed by atoms with Gasteiger partial charge in [-0.25, -0.2) is 0 Å². The van der Waals surface area contributed by atoms with E-state index >= 15 is 0 Å².